The van der Waals surface area contributed by atoms with Crippen LogP contribution in [0.2, 0.25) is 0 Å². The van der Waals surface area contributed by atoms with Crippen LogP contribution < -0.4 is 4.74 Å². The summed E-state index contributed by atoms with van der Waals surface area (Å²) in [4.78, 5) is 39.7. The van der Waals surface area contributed by atoms with Crippen LogP contribution in [0.5, 0.6) is 5.88 Å². The van der Waals surface area contributed by atoms with Gasteiger partial charge >= 0.3 is 0 Å². The van der Waals surface area contributed by atoms with Crippen LogP contribution in [0.15, 0.2) is 103 Å². The summed E-state index contributed by atoms with van der Waals surface area (Å²) in [6.07, 6.45) is 6.95. The van der Waals surface area contributed by atoms with Gasteiger partial charge in [0.1, 0.15) is 6.04 Å². The third-order valence-electron chi connectivity index (χ3n) is 6.88. The first-order valence-corrected chi connectivity index (χ1v) is 13.8. The number of hydrogen-bond donors (Lipinski definition) is 0. The Bertz CT molecular complexity index is 1440. The summed E-state index contributed by atoms with van der Waals surface area (Å²) in [5.74, 6) is 0.0461. The average molecular weight is 565 g/mol. The highest BCUT2D eigenvalue weighted by molar-refractivity contribution is 5.95. The highest BCUT2D eigenvalue weighted by atomic mass is 16.5. The molecule has 0 saturated heterocycles. The first-order valence-electron chi connectivity index (χ1n) is 13.8. The van der Waals surface area contributed by atoms with Crippen LogP contribution in [-0.4, -0.2) is 72.0 Å². The van der Waals surface area contributed by atoms with Gasteiger partial charge in [0, 0.05) is 63.8 Å². The first kappa shape index (κ1) is 30.1. The maximum absolute atomic E-state index is 13.9. The van der Waals surface area contributed by atoms with Crippen molar-refractivity contribution in [3.63, 3.8) is 0 Å². The molecule has 0 spiro atoms. The summed E-state index contributed by atoms with van der Waals surface area (Å²) in [5.41, 5.74) is 4.44. The van der Waals surface area contributed by atoms with Crippen molar-refractivity contribution in [3.05, 3.63) is 120 Å². The normalized spacial score (nSPS) is 11.7. The number of ether oxygens (including phenoxy) is 2. The molecule has 2 aromatic carbocycles. The zero-order chi connectivity index (χ0) is 29.7. The summed E-state index contributed by atoms with van der Waals surface area (Å²) in [7, 11) is 4.89. The van der Waals surface area contributed by atoms with Crippen LogP contribution >= 0.6 is 0 Å². The van der Waals surface area contributed by atoms with Gasteiger partial charge in [-0.15, -0.1) is 0 Å². The Balaban J connectivity index is 1.67. The Morgan fingerprint density at radius 2 is 1.64 bits per heavy atom. The molecule has 2 heterocycles. The van der Waals surface area contributed by atoms with E-state index in [1.165, 1.54) is 6.08 Å². The van der Waals surface area contributed by atoms with E-state index in [4.69, 9.17) is 9.47 Å². The fourth-order valence-corrected chi connectivity index (χ4v) is 4.49. The van der Waals surface area contributed by atoms with Gasteiger partial charge in [0.25, 0.3) is 0 Å². The second-order valence-corrected chi connectivity index (χ2v) is 9.80. The summed E-state index contributed by atoms with van der Waals surface area (Å²) in [6.45, 7) is 1.05. The third-order valence-corrected chi connectivity index (χ3v) is 6.88. The molecular formula is C34H36N4O4. The molecule has 8 heteroatoms. The summed E-state index contributed by atoms with van der Waals surface area (Å²) < 4.78 is 10.3. The molecule has 0 fully saturated rings. The van der Waals surface area contributed by atoms with Crippen molar-refractivity contribution in [1.29, 1.82) is 0 Å². The van der Waals surface area contributed by atoms with Gasteiger partial charge < -0.3 is 19.3 Å². The lowest BCUT2D eigenvalue weighted by molar-refractivity contribution is -0.143. The van der Waals surface area contributed by atoms with Crippen LogP contribution in [0.1, 0.15) is 16.7 Å². The van der Waals surface area contributed by atoms with E-state index in [0.717, 1.165) is 27.9 Å². The number of amides is 2. The van der Waals surface area contributed by atoms with E-state index < -0.39 is 6.04 Å². The van der Waals surface area contributed by atoms with Gasteiger partial charge in [-0.1, -0.05) is 60.7 Å². The Morgan fingerprint density at radius 3 is 2.29 bits per heavy atom. The fraction of sp³-hybridized carbons (Fsp3) is 0.235. The molecule has 0 N–H and O–H groups in total. The molecule has 2 aromatic heterocycles. The third kappa shape index (κ3) is 8.34. The van der Waals surface area contributed by atoms with Gasteiger partial charge in [0.2, 0.25) is 17.7 Å². The molecule has 0 unspecified atom stereocenters. The van der Waals surface area contributed by atoms with Crippen molar-refractivity contribution < 1.29 is 19.1 Å². The van der Waals surface area contributed by atoms with Crippen LogP contribution in [0.25, 0.3) is 17.3 Å². The van der Waals surface area contributed by atoms with Gasteiger partial charge in [-0.25, -0.2) is 4.98 Å². The number of nitrogens with zero attached hydrogens (tertiary/aromatic N) is 4. The summed E-state index contributed by atoms with van der Waals surface area (Å²) in [5, 5.41) is 0. The fourth-order valence-electron chi connectivity index (χ4n) is 4.49. The van der Waals surface area contributed by atoms with Crippen molar-refractivity contribution in [2.75, 3.05) is 34.4 Å². The number of pyridine rings is 2. The van der Waals surface area contributed by atoms with Crippen LogP contribution in [0, 0.1) is 0 Å². The van der Waals surface area contributed by atoms with Crippen LogP contribution in [0.3, 0.4) is 0 Å². The molecule has 0 saturated carbocycles. The molecule has 4 rings (SSSR count). The monoisotopic (exact) mass is 564 g/mol. The zero-order valence-corrected chi connectivity index (χ0v) is 24.2. The quantitative estimate of drug-likeness (QED) is 0.215. The minimum absolute atomic E-state index is 0.158. The lowest BCUT2D eigenvalue weighted by Crippen LogP contribution is -2.51. The molecule has 4 aromatic rings. The van der Waals surface area contributed by atoms with Crippen molar-refractivity contribution in [1.82, 2.24) is 19.8 Å². The number of hydrogen-bond acceptors (Lipinski definition) is 6. The molecule has 1 atom stereocenters. The van der Waals surface area contributed by atoms with Crippen LogP contribution in [0.4, 0.5) is 0 Å². The Labute approximate surface area is 247 Å². The smallest absolute Gasteiger partial charge is 0.247 e. The maximum Gasteiger partial charge on any atom is 0.247 e. The van der Waals surface area contributed by atoms with E-state index in [1.807, 2.05) is 78.9 Å². The molecule has 0 aliphatic heterocycles. The number of benzene rings is 2. The Hall–Kier alpha value is -4.82. The number of rotatable bonds is 13. The molecule has 0 aliphatic rings. The molecule has 0 aliphatic carbocycles. The van der Waals surface area contributed by atoms with E-state index in [-0.39, 0.29) is 18.4 Å². The molecule has 42 heavy (non-hydrogen) atoms. The number of aromatic nitrogens is 2. The molecule has 0 radical (unpaired) electrons. The second kappa shape index (κ2) is 15.3. The van der Waals surface area contributed by atoms with Gasteiger partial charge in [0.05, 0.1) is 19.4 Å². The van der Waals surface area contributed by atoms with Crippen LogP contribution in [-0.2, 0) is 27.3 Å². The maximum atomic E-state index is 13.9. The number of methoxy groups -OCH3 is 2. The van der Waals surface area contributed by atoms with E-state index in [2.05, 4.69) is 9.97 Å². The predicted molar refractivity (Wildman–Crippen MR) is 163 cm³/mol. The Kier molecular flexibility index (Phi) is 10.9. The lowest BCUT2D eigenvalue weighted by Gasteiger charge is -2.33. The SMILES string of the molecule is COCCN(C)C(=O)[C@H](Cc1ccccc1)N(Cc1ccc(-c2ccccn2)cc1)C(=O)C=Cc1ccc(OC)nc1. The molecular weight excluding hydrogens is 528 g/mol. The molecule has 0 bridgehead atoms. The van der Waals surface area contributed by atoms with Gasteiger partial charge in [-0.05, 0) is 41.0 Å². The minimum Gasteiger partial charge on any atom is -0.481 e. The number of carbonyl (C=O) groups excluding carboxylic acids is 2. The van der Waals surface area contributed by atoms with Crippen molar-refractivity contribution in [3.8, 4) is 17.1 Å². The standard InChI is InChI=1S/C34H36N4O4/c1-37(21-22-41-2)34(40)31(23-26-9-5-4-6-10-26)38(33(39)19-15-27-14-18-32(42-3)36-24-27)25-28-12-16-29(17-13-28)30-11-7-8-20-35-30/h4-20,24,31H,21-23,25H2,1-3H3/t31-/m0/s1. The highest BCUT2D eigenvalue weighted by Crippen LogP contribution is 2.21. The van der Waals surface area contributed by atoms with Crippen molar-refractivity contribution >= 4 is 17.9 Å². The molecule has 216 valence electrons. The second-order valence-electron chi connectivity index (χ2n) is 9.80. The average Bonchev–Trinajstić information content (AvgIpc) is 3.05. The predicted octanol–water partition coefficient (Wildman–Crippen LogP) is 4.91. The van der Waals surface area contributed by atoms with Crippen molar-refractivity contribution in [2.45, 2.75) is 19.0 Å². The zero-order valence-electron chi connectivity index (χ0n) is 24.2. The van der Waals surface area contributed by atoms with E-state index in [9.17, 15) is 9.59 Å². The van der Waals surface area contributed by atoms with Gasteiger partial charge in [-0.2, -0.15) is 0 Å². The van der Waals surface area contributed by atoms with Gasteiger partial charge in [-0.3, -0.25) is 14.6 Å². The number of carbonyl (C=O) groups is 2. The van der Waals surface area contributed by atoms with E-state index >= 15 is 0 Å². The van der Waals surface area contributed by atoms with Gasteiger partial charge in [0.15, 0.2) is 0 Å². The Morgan fingerprint density at radius 1 is 0.881 bits per heavy atom. The molecule has 8 nitrogen and oxygen atoms in total. The minimum atomic E-state index is -0.740. The largest absolute Gasteiger partial charge is 0.481 e. The highest BCUT2D eigenvalue weighted by Gasteiger charge is 2.31. The van der Waals surface area contributed by atoms with E-state index in [0.29, 0.717) is 25.5 Å². The number of likely N-dealkylation sites (N-methyl/N-ethyl adjacent to an activating group) is 1. The first-order chi connectivity index (χ1) is 20.5. The van der Waals surface area contributed by atoms with Crippen molar-refractivity contribution in [2.24, 2.45) is 0 Å². The lowest BCUT2D eigenvalue weighted by atomic mass is 10.0. The summed E-state index contributed by atoms with van der Waals surface area (Å²) in [6, 6.07) is 26.2. The molecule has 2 amide bonds. The van der Waals surface area contributed by atoms with E-state index in [1.54, 1.807) is 55.6 Å². The topological polar surface area (TPSA) is 84.9 Å². The summed E-state index contributed by atoms with van der Waals surface area (Å²) >= 11 is 0.